The highest BCUT2D eigenvalue weighted by atomic mass is 32.2. The van der Waals surface area contributed by atoms with Crippen molar-refractivity contribution in [1.29, 1.82) is 0 Å². The Hall–Kier alpha value is -0.980. The predicted molar refractivity (Wildman–Crippen MR) is 51.0 cm³/mol. The van der Waals surface area contributed by atoms with E-state index in [0.717, 1.165) is 21.4 Å². The molecule has 68 valence electrons. The molecule has 4 nitrogen and oxygen atoms in total. The number of thiophene rings is 1. The Balaban J connectivity index is 2.77. The van der Waals surface area contributed by atoms with Crippen LogP contribution in [0.4, 0.5) is 0 Å². The number of rotatable bonds is 1. The van der Waals surface area contributed by atoms with Crippen molar-refractivity contribution in [1.82, 2.24) is 4.98 Å². The molecule has 0 spiro atoms. The molecule has 2 aromatic heterocycles. The van der Waals surface area contributed by atoms with Crippen molar-refractivity contribution in [3.05, 3.63) is 24.5 Å². The van der Waals surface area contributed by atoms with Crippen LogP contribution in [-0.4, -0.2) is 13.4 Å². The third-order valence-corrected chi connectivity index (χ3v) is 4.09. The molecule has 2 aromatic rings. The molecule has 2 N–H and O–H groups in total. The molecule has 0 saturated carbocycles. The van der Waals surface area contributed by atoms with E-state index < -0.39 is 10.0 Å². The number of aromatic nitrogens is 1. The molecule has 0 aliphatic rings. The molecule has 2 heterocycles. The van der Waals surface area contributed by atoms with E-state index in [1.165, 1.54) is 0 Å². The normalized spacial score (nSPS) is 12.1. The third kappa shape index (κ3) is 1.55. The molecule has 6 heteroatoms. The number of sulfonamides is 1. The van der Waals surface area contributed by atoms with E-state index in [2.05, 4.69) is 4.98 Å². The van der Waals surface area contributed by atoms with E-state index >= 15 is 0 Å². The van der Waals surface area contributed by atoms with E-state index in [-0.39, 0.29) is 4.21 Å². The largest absolute Gasteiger partial charge is 0.263 e. The highest BCUT2D eigenvalue weighted by Gasteiger charge is 2.11. The molecule has 0 fully saturated rings. The Bertz CT molecular complexity index is 511. The molecule has 0 unspecified atom stereocenters. The van der Waals surface area contributed by atoms with Crippen molar-refractivity contribution in [2.75, 3.05) is 0 Å². The fourth-order valence-electron chi connectivity index (χ4n) is 1.00. The van der Waals surface area contributed by atoms with E-state index in [0.29, 0.717) is 0 Å². The molecule has 0 bridgehead atoms. The van der Waals surface area contributed by atoms with E-state index in [1.807, 2.05) is 0 Å². The first-order valence-corrected chi connectivity index (χ1v) is 5.80. The van der Waals surface area contributed by atoms with Gasteiger partial charge in [-0.05, 0) is 17.5 Å². The van der Waals surface area contributed by atoms with Crippen LogP contribution in [0.25, 0.3) is 10.1 Å². The molecular formula is C7H6N2O2S2. The smallest absolute Gasteiger partial charge is 0.247 e. The second-order valence-electron chi connectivity index (χ2n) is 2.52. The lowest BCUT2D eigenvalue weighted by molar-refractivity contribution is 0.600. The fraction of sp³-hybridized carbons (Fsp3) is 0. The minimum absolute atomic E-state index is 0.176. The number of hydrogen-bond donors (Lipinski definition) is 1. The molecule has 0 radical (unpaired) electrons. The van der Waals surface area contributed by atoms with Crippen LogP contribution in [0.5, 0.6) is 0 Å². The summed E-state index contributed by atoms with van der Waals surface area (Å²) in [4.78, 5) is 3.88. The fourth-order valence-corrected chi connectivity index (χ4v) is 2.79. The van der Waals surface area contributed by atoms with Crippen LogP contribution in [0, 0.1) is 0 Å². The number of nitrogens with zero attached hydrogens (tertiary/aromatic N) is 1. The monoisotopic (exact) mass is 214 g/mol. The van der Waals surface area contributed by atoms with E-state index in [1.54, 1.807) is 24.5 Å². The van der Waals surface area contributed by atoms with Gasteiger partial charge in [0.05, 0.1) is 4.70 Å². The van der Waals surface area contributed by atoms with Crippen molar-refractivity contribution in [3.63, 3.8) is 0 Å². The van der Waals surface area contributed by atoms with Gasteiger partial charge < -0.3 is 0 Å². The Kier molecular flexibility index (Phi) is 1.83. The predicted octanol–water partition coefficient (Wildman–Crippen LogP) is 0.944. The van der Waals surface area contributed by atoms with Crippen LogP contribution < -0.4 is 5.14 Å². The summed E-state index contributed by atoms with van der Waals surface area (Å²) >= 11 is 1.13. The number of primary sulfonamides is 1. The molecule has 0 amide bonds. The first-order chi connectivity index (χ1) is 6.07. The average molecular weight is 214 g/mol. The quantitative estimate of drug-likeness (QED) is 0.767. The molecule has 13 heavy (non-hydrogen) atoms. The standard InChI is InChI=1S/C7H6N2O2S2/c8-13(10,11)7-3-5-1-2-9-4-6(5)12-7/h1-4H,(H2,8,10,11). The van der Waals surface area contributed by atoms with Gasteiger partial charge in [0.15, 0.2) is 0 Å². The Morgan fingerprint density at radius 1 is 1.46 bits per heavy atom. The van der Waals surface area contributed by atoms with Crippen LogP contribution >= 0.6 is 11.3 Å². The van der Waals surface area contributed by atoms with Gasteiger partial charge in [0, 0.05) is 12.4 Å². The molecule has 2 rings (SSSR count). The first kappa shape index (κ1) is 8.61. The molecule has 0 saturated heterocycles. The average Bonchev–Trinajstić information content (AvgIpc) is 2.45. The highest BCUT2D eigenvalue weighted by Crippen LogP contribution is 2.26. The second kappa shape index (κ2) is 2.76. The van der Waals surface area contributed by atoms with Gasteiger partial charge in [-0.3, -0.25) is 4.98 Å². The number of hydrogen-bond acceptors (Lipinski definition) is 4. The van der Waals surface area contributed by atoms with Crippen molar-refractivity contribution in [2.45, 2.75) is 4.21 Å². The lowest BCUT2D eigenvalue weighted by atomic mass is 10.3. The maximum Gasteiger partial charge on any atom is 0.247 e. The van der Waals surface area contributed by atoms with Crippen LogP contribution in [0.1, 0.15) is 0 Å². The highest BCUT2D eigenvalue weighted by molar-refractivity contribution is 7.91. The summed E-state index contributed by atoms with van der Waals surface area (Å²) in [6, 6.07) is 3.30. The van der Waals surface area contributed by atoms with E-state index in [4.69, 9.17) is 5.14 Å². The van der Waals surface area contributed by atoms with Crippen LogP contribution in [0.3, 0.4) is 0 Å². The van der Waals surface area contributed by atoms with Gasteiger partial charge in [0.1, 0.15) is 4.21 Å². The number of nitrogens with two attached hydrogens (primary N) is 1. The lowest BCUT2D eigenvalue weighted by Gasteiger charge is -1.86. The first-order valence-electron chi connectivity index (χ1n) is 3.44. The Morgan fingerprint density at radius 2 is 2.23 bits per heavy atom. The zero-order valence-electron chi connectivity index (χ0n) is 6.47. The zero-order valence-corrected chi connectivity index (χ0v) is 8.10. The van der Waals surface area contributed by atoms with Crippen molar-refractivity contribution >= 4 is 31.4 Å². The molecular weight excluding hydrogens is 208 g/mol. The summed E-state index contributed by atoms with van der Waals surface area (Å²) in [5, 5.41) is 5.83. The maximum absolute atomic E-state index is 11.0. The number of fused-ring (bicyclic) bond motifs is 1. The van der Waals surface area contributed by atoms with Gasteiger partial charge in [-0.2, -0.15) is 0 Å². The minimum Gasteiger partial charge on any atom is -0.263 e. The summed E-state index contributed by atoms with van der Waals surface area (Å²) < 4.78 is 22.9. The molecule has 0 aliphatic heterocycles. The van der Waals surface area contributed by atoms with Crippen LogP contribution in [0.15, 0.2) is 28.7 Å². The van der Waals surface area contributed by atoms with Gasteiger partial charge in [-0.25, -0.2) is 13.6 Å². The Morgan fingerprint density at radius 3 is 2.85 bits per heavy atom. The summed E-state index contributed by atoms with van der Waals surface area (Å²) in [7, 11) is -3.57. The van der Waals surface area contributed by atoms with Gasteiger partial charge in [0.2, 0.25) is 10.0 Å². The van der Waals surface area contributed by atoms with Gasteiger partial charge in [0.25, 0.3) is 0 Å². The van der Waals surface area contributed by atoms with Gasteiger partial charge >= 0.3 is 0 Å². The summed E-state index contributed by atoms with van der Waals surface area (Å²) in [6.45, 7) is 0. The van der Waals surface area contributed by atoms with E-state index in [9.17, 15) is 8.42 Å². The van der Waals surface area contributed by atoms with Crippen molar-refractivity contribution < 1.29 is 8.42 Å². The zero-order chi connectivity index (χ0) is 9.47. The maximum atomic E-state index is 11.0. The van der Waals surface area contributed by atoms with Crippen LogP contribution in [-0.2, 0) is 10.0 Å². The second-order valence-corrected chi connectivity index (χ2v) is 5.40. The molecule has 0 aromatic carbocycles. The van der Waals surface area contributed by atoms with Crippen LogP contribution in [0.2, 0.25) is 0 Å². The lowest BCUT2D eigenvalue weighted by Crippen LogP contribution is -2.09. The Labute approximate surface area is 79.1 Å². The number of pyridine rings is 1. The SMILES string of the molecule is NS(=O)(=O)c1cc2ccncc2s1. The molecule has 0 atom stereocenters. The van der Waals surface area contributed by atoms with Gasteiger partial charge in [-0.1, -0.05) is 0 Å². The minimum atomic E-state index is -3.57. The summed E-state index contributed by atoms with van der Waals surface area (Å²) in [5.74, 6) is 0. The third-order valence-electron chi connectivity index (χ3n) is 1.58. The summed E-state index contributed by atoms with van der Waals surface area (Å²) in [5.41, 5.74) is 0. The van der Waals surface area contributed by atoms with Gasteiger partial charge in [-0.15, -0.1) is 11.3 Å². The summed E-state index contributed by atoms with van der Waals surface area (Å²) in [6.07, 6.45) is 3.23. The topological polar surface area (TPSA) is 73.1 Å². The van der Waals surface area contributed by atoms with Crippen molar-refractivity contribution in [2.24, 2.45) is 5.14 Å². The van der Waals surface area contributed by atoms with Crippen molar-refractivity contribution in [3.8, 4) is 0 Å². The molecule has 0 aliphatic carbocycles.